The summed E-state index contributed by atoms with van der Waals surface area (Å²) >= 11 is 0. The van der Waals surface area contributed by atoms with Crippen molar-refractivity contribution >= 4 is 27.3 Å². The lowest BCUT2D eigenvalue weighted by molar-refractivity contribution is -0.132. The van der Waals surface area contributed by atoms with Crippen molar-refractivity contribution in [2.24, 2.45) is 0 Å². The van der Waals surface area contributed by atoms with Gasteiger partial charge in [0.15, 0.2) is 5.03 Å². The van der Waals surface area contributed by atoms with Crippen molar-refractivity contribution in [3.05, 3.63) is 72.7 Å². The van der Waals surface area contributed by atoms with Crippen LogP contribution >= 0.6 is 0 Å². The van der Waals surface area contributed by atoms with E-state index in [1.54, 1.807) is 4.57 Å². The maximum atomic E-state index is 13.1. The molecule has 3 aromatic rings. The molecule has 0 bridgehead atoms. The molecular formula is C23H25N5O3S. The van der Waals surface area contributed by atoms with Crippen LogP contribution in [0.4, 0.5) is 11.4 Å². The van der Waals surface area contributed by atoms with Gasteiger partial charge in [0.25, 0.3) is 10.0 Å². The monoisotopic (exact) mass is 451 g/mol. The van der Waals surface area contributed by atoms with Gasteiger partial charge in [0.2, 0.25) is 5.91 Å². The van der Waals surface area contributed by atoms with Crippen LogP contribution in [-0.4, -0.2) is 61.5 Å². The zero-order chi connectivity index (χ0) is 22.1. The molecule has 0 saturated carbocycles. The minimum absolute atomic E-state index is 0.0316. The number of carbonyl (C=O) groups excluding carboxylic acids is 1. The summed E-state index contributed by atoms with van der Waals surface area (Å²) in [5.74, 6) is -0.0365. The number of sulfonamides is 1. The van der Waals surface area contributed by atoms with E-state index < -0.39 is 10.0 Å². The van der Waals surface area contributed by atoms with Crippen LogP contribution in [0, 0.1) is 0 Å². The Morgan fingerprint density at radius 1 is 0.906 bits per heavy atom. The van der Waals surface area contributed by atoms with Crippen molar-refractivity contribution in [2.45, 2.75) is 18.0 Å². The highest BCUT2D eigenvalue weighted by Gasteiger charge is 2.32. The first-order chi connectivity index (χ1) is 15.5. The van der Waals surface area contributed by atoms with Gasteiger partial charge in [-0.15, -0.1) is 0 Å². The highest BCUT2D eigenvalue weighted by atomic mass is 32.2. The summed E-state index contributed by atoms with van der Waals surface area (Å²) in [7, 11) is -3.76. The number of para-hydroxylation sites is 2. The standard InChI is InChI=1S/C23H25N5O3S/c29-23(27-14-12-26(13-15-27)20-7-2-1-3-8-20)17-25-16-22(24-18-25)32(30,31)28-11-10-19-6-4-5-9-21(19)28/h1-9,16,18H,10-15,17H2. The lowest BCUT2D eigenvalue weighted by Crippen LogP contribution is -2.49. The average Bonchev–Trinajstić information content (AvgIpc) is 3.48. The molecule has 0 aliphatic carbocycles. The number of hydrogen-bond donors (Lipinski definition) is 0. The van der Waals surface area contributed by atoms with Crippen LogP contribution < -0.4 is 9.21 Å². The van der Waals surface area contributed by atoms with Gasteiger partial charge in [-0.05, 0) is 30.2 Å². The summed E-state index contributed by atoms with van der Waals surface area (Å²) in [4.78, 5) is 21.0. The molecule has 0 unspecified atom stereocenters. The Bertz CT molecular complexity index is 1220. The Labute approximate surface area is 187 Å². The molecule has 2 aromatic carbocycles. The molecule has 1 amide bonds. The molecule has 166 valence electrons. The highest BCUT2D eigenvalue weighted by molar-refractivity contribution is 7.92. The van der Waals surface area contributed by atoms with Crippen molar-refractivity contribution in [3.63, 3.8) is 0 Å². The Kier molecular flexibility index (Phi) is 5.34. The molecule has 8 nitrogen and oxygen atoms in total. The molecule has 2 aliphatic heterocycles. The number of hydrogen-bond acceptors (Lipinski definition) is 5. The van der Waals surface area contributed by atoms with Gasteiger partial charge in [-0.25, -0.2) is 4.98 Å². The summed E-state index contributed by atoms with van der Waals surface area (Å²) < 4.78 is 29.2. The minimum Gasteiger partial charge on any atom is -0.368 e. The van der Waals surface area contributed by atoms with Crippen LogP contribution in [0.5, 0.6) is 0 Å². The minimum atomic E-state index is -3.76. The number of aromatic nitrogens is 2. The Balaban J connectivity index is 1.23. The van der Waals surface area contributed by atoms with Gasteiger partial charge in [-0.3, -0.25) is 9.10 Å². The van der Waals surface area contributed by atoms with E-state index >= 15 is 0 Å². The maximum absolute atomic E-state index is 13.1. The predicted octanol–water partition coefficient (Wildman–Crippen LogP) is 1.98. The largest absolute Gasteiger partial charge is 0.368 e. The molecule has 3 heterocycles. The van der Waals surface area contributed by atoms with Crippen LogP contribution in [0.3, 0.4) is 0 Å². The SMILES string of the molecule is O=C(Cn1cnc(S(=O)(=O)N2CCc3ccccc32)c1)N1CCN(c2ccccc2)CC1. The zero-order valence-corrected chi connectivity index (χ0v) is 18.5. The normalized spacial score (nSPS) is 16.3. The lowest BCUT2D eigenvalue weighted by Gasteiger charge is -2.36. The van der Waals surface area contributed by atoms with Crippen LogP contribution in [0.25, 0.3) is 0 Å². The third-order valence-corrected chi connectivity index (χ3v) is 7.78. The van der Waals surface area contributed by atoms with E-state index in [-0.39, 0.29) is 17.5 Å². The molecule has 0 atom stereocenters. The predicted molar refractivity (Wildman–Crippen MR) is 122 cm³/mol. The Morgan fingerprint density at radius 2 is 1.62 bits per heavy atom. The van der Waals surface area contributed by atoms with Crippen molar-refractivity contribution in [1.29, 1.82) is 0 Å². The number of anilines is 2. The number of nitrogens with zero attached hydrogens (tertiary/aromatic N) is 5. The van der Waals surface area contributed by atoms with Crippen LogP contribution in [0.1, 0.15) is 5.56 Å². The van der Waals surface area contributed by atoms with Crippen molar-refractivity contribution in [2.75, 3.05) is 41.9 Å². The van der Waals surface area contributed by atoms with Crippen LogP contribution in [0.15, 0.2) is 72.1 Å². The van der Waals surface area contributed by atoms with Gasteiger partial charge in [0, 0.05) is 44.6 Å². The molecule has 32 heavy (non-hydrogen) atoms. The maximum Gasteiger partial charge on any atom is 0.283 e. The number of imidazole rings is 1. The molecule has 2 aliphatic rings. The van der Waals surface area contributed by atoms with Crippen molar-refractivity contribution in [3.8, 4) is 0 Å². The molecule has 1 fully saturated rings. The third-order valence-electron chi connectivity index (χ3n) is 6.08. The lowest BCUT2D eigenvalue weighted by atomic mass is 10.2. The van der Waals surface area contributed by atoms with Crippen LogP contribution in [-0.2, 0) is 27.8 Å². The summed E-state index contributed by atoms with van der Waals surface area (Å²) in [5.41, 5.74) is 2.88. The smallest absolute Gasteiger partial charge is 0.283 e. The van der Waals surface area contributed by atoms with E-state index in [9.17, 15) is 13.2 Å². The first-order valence-corrected chi connectivity index (χ1v) is 12.2. The first-order valence-electron chi connectivity index (χ1n) is 10.7. The quantitative estimate of drug-likeness (QED) is 0.593. The van der Waals surface area contributed by atoms with Gasteiger partial charge >= 0.3 is 0 Å². The van der Waals surface area contributed by atoms with Gasteiger partial charge in [-0.1, -0.05) is 36.4 Å². The van der Waals surface area contributed by atoms with E-state index in [0.717, 1.165) is 24.3 Å². The fourth-order valence-electron chi connectivity index (χ4n) is 4.34. The van der Waals surface area contributed by atoms with E-state index in [1.165, 1.54) is 16.8 Å². The molecular weight excluding hydrogens is 426 g/mol. The summed E-state index contributed by atoms with van der Waals surface area (Å²) in [6.07, 6.45) is 3.56. The highest BCUT2D eigenvalue weighted by Crippen LogP contribution is 2.32. The van der Waals surface area contributed by atoms with E-state index in [1.807, 2.05) is 47.4 Å². The molecule has 0 spiro atoms. The zero-order valence-electron chi connectivity index (χ0n) is 17.7. The van der Waals surface area contributed by atoms with Gasteiger partial charge < -0.3 is 14.4 Å². The topological polar surface area (TPSA) is 78.7 Å². The second-order valence-corrected chi connectivity index (χ2v) is 9.85. The number of piperazine rings is 1. The Morgan fingerprint density at radius 3 is 2.41 bits per heavy atom. The van der Waals surface area contributed by atoms with Gasteiger partial charge in [0.1, 0.15) is 6.54 Å². The number of fused-ring (bicyclic) bond motifs is 1. The summed E-state index contributed by atoms with van der Waals surface area (Å²) in [6.45, 7) is 3.29. The number of benzene rings is 2. The number of amides is 1. The van der Waals surface area contributed by atoms with Gasteiger partial charge in [0.05, 0.1) is 12.0 Å². The van der Waals surface area contributed by atoms with Crippen molar-refractivity contribution in [1.82, 2.24) is 14.5 Å². The molecule has 0 N–H and O–H groups in total. The van der Waals surface area contributed by atoms with Gasteiger partial charge in [-0.2, -0.15) is 8.42 Å². The summed E-state index contributed by atoms with van der Waals surface area (Å²) in [6, 6.07) is 17.7. The van der Waals surface area contributed by atoms with E-state index in [2.05, 4.69) is 22.0 Å². The molecule has 9 heteroatoms. The molecule has 0 radical (unpaired) electrons. The average molecular weight is 452 g/mol. The second-order valence-electron chi connectivity index (χ2n) is 8.04. The van der Waals surface area contributed by atoms with Crippen LogP contribution in [0.2, 0.25) is 0 Å². The molecule has 1 saturated heterocycles. The Hall–Kier alpha value is -3.33. The summed E-state index contributed by atoms with van der Waals surface area (Å²) in [5, 5.41) is -0.0316. The fraction of sp³-hybridized carbons (Fsp3) is 0.304. The molecule has 1 aromatic heterocycles. The van der Waals surface area contributed by atoms with E-state index in [0.29, 0.717) is 31.7 Å². The third kappa shape index (κ3) is 3.84. The number of carbonyl (C=O) groups is 1. The van der Waals surface area contributed by atoms with Crippen molar-refractivity contribution < 1.29 is 13.2 Å². The second kappa shape index (κ2) is 8.31. The molecule has 5 rings (SSSR count). The fourth-order valence-corrected chi connectivity index (χ4v) is 5.78. The first kappa shape index (κ1) is 20.6. The number of rotatable bonds is 5. The van der Waals surface area contributed by atoms with E-state index in [4.69, 9.17) is 0 Å².